The molecular formula is C78H108O16S. The van der Waals surface area contributed by atoms with Crippen molar-refractivity contribution in [2.75, 3.05) is 13.7 Å². The number of thioether (sulfide) groups is 1. The largest absolute Gasteiger partial charge is 0.462 e. The van der Waals surface area contributed by atoms with Crippen LogP contribution in [-0.2, 0) is 66.7 Å². The number of esters is 4. The summed E-state index contributed by atoms with van der Waals surface area (Å²) in [5.41, 5.74) is 1.86. The van der Waals surface area contributed by atoms with Crippen molar-refractivity contribution in [1.82, 2.24) is 0 Å². The van der Waals surface area contributed by atoms with Crippen molar-refractivity contribution >= 4 is 52.3 Å². The fraction of sp³-hybridized carbons (Fsp3) is 0.808. The van der Waals surface area contributed by atoms with Crippen LogP contribution in [0.15, 0.2) is 47.1 Å². The zero-order valence-corrected chi connectivity index (χ0v) is 59.1. The van der Waals surface area contributed by atoms with Gasteiger partial charge in [-0.15, -0.1) is 0 Å². The minimum Gasteiger partial charge on any atom is -0.462 e. The van der Waals surface area contributed by atoms with E-state index in [-0.39, 0.29) is 127 Å². The van der Waals surface area contributed by atoms with Gasteiger partial charge in [-0.2, -0.15) is 0 Å². The summed E-state index contributed by atoms with van der Waals surface area (Å²) in [4.78, 5) is 84.4. The smallest absolute Gasteiger partial charge is 0.331 e. The van der Waals surface area contributed by atoms with Crippen LogP contribution < -0.4 is 0 Å². The molecule has 9 saturated carbocycles. The lowest BCUT2D eigenvalue weighted by Gasteiger charge is -2.63. The van der Waals surface area contributed by atoms with E-state index in [1.165, 1.54) is 42.7 Å². The average molecular weight is 1330 g/mol. The molecule has 17 heteroatoms. The second kappa shape index (κ2) is 24.4. The van der Waals surface area contributed by atoms with Gasteiger partial charge in [0.05, 0.1) is 23.9 Å². The summed E-state index contributed by atoms with van der Waals surface area (Å²) >= 11 is 1.50. The second-order valence-electron chi connectivity index (χ2n) is 34.6. The number of aliphatic hydroxyl groups excluding tert-OH is 1. The zero-order chi connectivity index (χ0) is 67.4. The van der Waals surface area contributed by atoms with E-state index in [0.717, 1.165) is 121 Å². The molecule has 2 N–H and O–H groups in total. The fourth-order valence-corrected chi connectivity index (χ4v) is 27.1. The van der Waals surface area contributed by atoms with Crippen LogP contribution in [0.4, 0.5) is 0 Å². The number of ketones is 2. The molecule has 26 atom stereocenters. The van der Waals surface area contributed by atoms with Crippen LogP contribution in [-0.4, -0.2) is 123 Å². The number of aliphatic hydroxyl groups is 2. The van der Waals surface area contributed by atoms with Crippen molar-refractivity contribution in [3.63, 3.8) is 0 Å². The summed E-state index contributed by atoms with van der Waals surface area (Å²) in [6, 6.07) is 0. The average Bonchev–Trinajstić information content (AvgIpc) is 1.62. The molecule has 95 heavy (non-hydrogen) atoms. The Balaban J connectivity index is 0.000000127. The summed E-state index contributed by atoms with van der Waals surface area (Å²) in [6.45, 7) is 19.3. The SMILES string of the molecule is CC(=O)S[C@@H]1CC2=CC(=O)CC[C@]2(C)[C@H]2CC[C@@]3(C)[C@@H](CC[C@@]34CCC(=O)O4)[C@H]12.CO[C@H]1C[C@H](O[C@H]2CC[C@@]3(C)[C@H](CC[C@@H]4[C@@H]3CC[C@]3(C)[C@@H](C5=CC(=O)OC5)[C@@H](OC(C)=O)C[C@]43O)C2)O[C@@H](C)[C@@H]1O.C[C@]12CCC(=O)C=C1C=C[C@@H]1[C@@H]2CC[C@@]2(C)[C@H]1CC[C@@]21CCC(=O)O1. The summed E-state index contributed by atoms with van der Waals surface area (Å²) in [7, 11) is 1.62. The molecule has 0 radical (unpaired) electrons. The molecule has 0 unspecified atom stereocenters. The highest BCUT2D eigenvalue weighted by molar-refractivity contribution is 8.14. The Morgan fingerprint density at radius 2 is 1.27 bits per heavy atom. The number of fused-ring (bicyclic) bond motifs is 17. The van der Waals surface area contributed by atoms with Gasteiger partial charge < -0.3 is 43.4 Å². The molecule has 0 amide bonds. The van der Waals surface area contributed by atoms with Crippen LogP contribution in [0.3, 0.4) is 0 Å². The third-order valence-electron chi connectivity index (χ3n) is 31.0. The maximum absolute atomic E-state index is 12.7. The molecule has 16 nitrogen and oxygen atoms in total. The van der Waals surface area contributed by atoms with Gasteiger partial charge in [0.15, 0.2) is 23.0 Å². The predicted octanol–water partition coefficient (Wildman–Crippen LogP) is 12.9. The van der Waals surface area contributed by atoms with Crippen molar-refractivity contribution in [3.05, 3.63) is 47.1 Å². The van der Waals surface area contributed by atoms with Gasteiger partial charge in [-0.3, -0.25) is 28.8 Å². The van der Waals surface area contributed by atoms with Gasteiger partial charge in [0, 0.05) is 93.0 Å². The Kier molecular flexibility index (Phi) is 17.5. The first-order valence-electron chi connectivity index (χ1n) is 37.0. The summed E-state index contributed by atoms with van der Waals surface area (Å²) in [5.74, 6) is 3.77. The minimum absolute atomic E-state index is 0.00570. The van der Waals surface area contributed by atoms with E-state index >= 15 is 0 Å². The Morgan fingerprint density at radius 1 is 0.642 bits per heavy atom. The van der Waals surface area contributed by atoms with Crippen LogP contribution in [0.25, 0.3) is 0 Å². The number of carbonyl (C=O) groups excluding carboxylic acids is 7. The van der Waals surface area contributed by atoms with E-state index in [1.54, 1.807) is 20.1 Å². The Bertz CT molecular complexity index is 3280. The van der Waals surface area contributed by atoms with Gasteiger partial charge in [-0.05, 0) is 228 Å². The molecule has 0 aromatic rings. The molecule has 522 valence electrons. The Morgan fingerprint density at radius 3 is 1.92 bits per heavy atom. The zero-order valence-electron chi connectivity index (χ0n) is 58.3. The predicted molar refractivity (Wildman–Crippen MR) is 354 cm³/mol. The molecule has 4 aliphatic heterocycles. The third kappa shape index (κ3) is 10.7. The number of hydrogen-bond donors (Lipinski definition) is 2. The molecule has 4 heterocycles. The minimum atomic E-state index is -0.990. The number of allylic oxidation sites excluding steroid dienone is 5. The number of ether oxygens (including phenoxy) is 7. The quantitative estimate of drug-likeness (QED) is 0.143. The van der Waals surface area contributed by atoms with Crippen LogP contribution in [0.1, 0.15) is 229 Å². The van der Waals surface area contributed by atoms with Gasteiger partial charge in [-0.1, -0.05) is 71.0 Å². The van der Waals surface area contributed by atoms with Gasteiger partial charge in [0.25, 0.3) is 0 Å². The van der Waals surface area contributed by atoms with Crippen molar-refractivity contribution < 1.29 is 76.9 Å². The fourth-order valence-electron chi connectivity index (χ4n) is 25.8. The maximum Gasteiger partial charge on any atom is 0.331 e. The highest BCUT2D eigenvalue weighted by Crippen LogP contribution is 2.74. The van der Waals surface area contributed by atoms with Gasteiger partial charge >= 0.3 is 23.9 Å². The standard InChI is InChI=1S/C32H48O9.C24H32O4S.C22H28O3/c1-17-29(35)24(37-5)14-27(39-17)41-21-8-10-30(3)20(13-21)6-7-23-22(30)9-11-31(4)28(19-12-26(34)38-16-19)25(40-18(2)33)15-32(23,31)36;1-14(25)29-19-13-15-12-16(26)4-8-22(15,2)17-5-9-23(3)18(21(17)19)6-10-24(23)11-7-20(27)28-24;1-20-9-5-15(23)13-14(20)3-4-16-17(20)6-10-21(2)18(16)7-11-22(21)12-8-19(24)25-22/h12,17,20-25,27-29,35-36H,6-11,13-16H2,1-5H3;12,17-19,21H,4-11,13H2,1-3H3;3-4,13,16-18H,5-12H2,1-2H3/t17-,20+,21-,22-,23+,24-,25-,27-,28-,29-,30-,31+,32-;17-,18-,19+,21+,22-,23-,24+;16-,17+,18+,20+,21+,22-/m001/s1. The number of methoxy groups -OCH3 is 1. The molecule has 16 rings (SSSR count). The monoisotopic (exact) mass is 1330 g/mol. The molecular weight excluding hydrogens is 1220 g/mol. The molecule has 0 aromatic carbocycles. The Hall–Kier alpha value is -4.00. The number of hydrogen-bond acceptors (Lipinski definition) is 17. The van der Waals surface area contributed by atoms with Gasteiger partial charge in [-0.25, -0.2) is 4.79 Å². The normalized spacial score (nSPS) is 50.3. The van der Waals surface area contributed by atoms with Gasteiger partial charge in [0.2, 0.25) is 0 Å². The van der Waals surface area contributed by atoms with Crippen molar-refractivity contribution in [2.24, 2.45) is 91.7 Å². The number of cyclic esters (lactones) is 1. The van der Waals surface area contributed by atoms with E-state index in [2.05, 4.69) is 53.7 Å². The summed E-state index contributed by atoms with van der Waals surface area (Å²) in [5, 5.41) is 23.4. The third-order valence-corrected chi connectivity index (χ3v) is 32.1. The van der Waals surface area contributed by atoms with E-state index in [1.807, 2.05) is 19.1 Å². The maximum atomic E-state index is 12.7. The lowest BCUT2D eigenvalue weighted by atomic mass is 9.43. The highest BCUT2D eigenvalue weighted by Gasteiger charge is 2.73. The first-order chi connectivity index (χ1) is 45.0. The molecule has 2 spiro atoms. The molecule has 16 aliphatic rings. The number of carbonyl (C=O) groups is 7. The van der Waals surface area contributed by atoms with Gasteiger partial charge in [0.1, 0.15) is 30.0 Å². The molecule has 12 fully saturated rings. The van der Waals surface area contributed by atoms with E-state index < -0.39 is 23.2 Å². The second-order valence-corrected chi connectivity index (χ2v) is 36.0. The van der Waals surface area contributed by atoms with Crippen LogP contribution in [0.2, 0.25) is 0 Å². The van der Waals surface area contributed by atoms with Crippen LogP contribution in [0, 0.1) is 91.7 Å². The molecule has 12 aliphatic carbocycles. The first kappa shape index (κ1) is 68.1. The molecule has 0 bridgehead atoms. The topological polar surface area (TPSA) is 225 Å². The lowest BCUT2D eigenvalue weighted by molar-refractivity contribution is -0.273. The van der Waals surface area contributed by atoms with Crippen LogP contribution in [0.5, 0.6) is 0 Å². The Labute approximate surface area is 567 Å². The van der Waals surface area contributed by atoms with Crippen molar-refractivity contribution in [3.8, 4) is 0 Å². The van der Waals surface area contributed by atoms with E-state index in [9.17, 15) is 43.8 Å². The lowest BCUT2D eigenvalue weighted by Crippen LogP contribution is -2.62. The van der Waals surface area contributed by atoms with Crippen LogP contribution >= 0.6 is 11.8 Å². The summed E-state index contributed by atoms with van der Waals surface area (Å²) in [6.07, 6.45) is 31.4. The highest BCUT2D eigenvalue weighted by atomic mass is 32.2. The van der Waals surface area contributed by atoms with Crippen molar-refractivity contribution in [1.29, 1.82) is 0 Å². The first-order valence-corrected chi connectivity index (χ1v) is 37.9. The molecule has 0 aromatic heterocycles. The summed E-state index contributed by atoms with van der Waals surface area (Å²) < 4.78 is 41.2. The van der Waals surface area contributed by atoms with E-state index in [4.69, 9.17) is 33.2 Å². The van der Waals surface area contributed by atoms with E-state index in [0.29, 0.717) is 85.9 Å². The van der Waals surface area contributed by atoms with Crippen molar-refractivity contribution in [2.45, 2.75) is 288 Å². The molecule has 3 saturated heterocycles. The number of rotatable bonds is 6.